The standard InChI is InChI=1S/C16H19N3S6/c1-2-6-13-20-14(7-3-10-17)23-15(21-13,8-4-11-18)25-16(22-13,24-14)9-5-12-19/h2-9H2,1H3. The van der Waals surface area contributed by atoms with Gasteiger partial charge >= 0.3 is 0 Å². The van der Waals surface area contributed by atoms with Gasteiger partial charge in [-0.25, -0.2) is 0 Å². The minimum atomic E-state index is -0.0163. The summed E-state index contributed by atoms with van der Waals surface area (Å²) in [7, 11) is 0. The van der Waals surface area contributed by atoms with Crippen molar-refractivity contribution >= 4 is 70.6 Å². The van der Waals surface area contributed by atoms with E-state index in [4.69, 9.17) is 15.8 Å². The molecular formula is C16H19N3S6. The summed E-state index contributed by atoms with van der Waals surface area (Å²) in [5, 5.41) is 27.5. The third-order valence-corrected chi connectivity index (χ3v) is 16.2. The molecule has 4 aliphatic rings. The predicted molar refractivity (Wildman–Crippen MR) is 116 cm³/mol. The first-order chi connectivity index (χ1) is 12.0. The highest BCUT2D eigenvalue weighted by Crippen LogP contribution is 2.91. The van der Waals surface area contributed by atoms with Crippen LogP contribution in [0, 0.1) is 34.0 Å². The Morgan fingerprint density at radius 2 is 0.840 bits per heavy atom. The van der Waals surface area contributed by atoms with Crippen molar-refractivity contribution in [2.45, 2.75) is 71.9 Å². The van der Waals surface area contributed by atoms with E-state index in [1.54, 1.807) is 0 Å². The maximum absolute atomic E-state index is 9.17. The summed E-state index contributed by atoms with van der Waals surface area (Å²) < 4.78 is 0.0452. The summed E-state index contributed by atoms with van der Waals surface area (Å²) in [5.41, 5.74) is 0. The molecule has 9 heteroatoms. The van der Waals surface area contributed by atoms with Gasteiger partial charge in [-0.1, -0.05) is 13.3 Å². The van der Waals surface area contributed by atoms with E-state index >= 15 is 0 Å². The third kappa shape index (κ3) is 4.05. The Kier molecular flexibility index (Phi) is 6.42. The van der Waals surface area contributed by atoms with Gasteiger partial charge in [0.05, 0.1) is 18.2 Å². The van der Waals surface area contributed by atoms with Crippen LogP contribution in [0.25, 0.3) is 0 Å². The Morgan fingerprint density at radius 3 is 1.08 bits per heavy atom. The van der Waals surface area contributed by atoms with Gasteiger partial charge in [0.1, 0.15) is 13.6 Å². The smallest absolute Gasteiger partial charge is 0.114 e. The third-order valence-electron chi connectivity index (χ3n) is 4.05. The van der Waals surface area contributed by atoms with Crippen LogP contribution >= 0.6 is 70.6 Å². The van der Waals surface area contributed by atoms with Gasteiger partial charge < -0.3 is 0 Å². The molecule has 134 valence electrons. The first-order valence-electron chi connectivity index (χ1n) is 8.30. The molecule has 0 aliphatic carbocycles. The molecule has 4 aliphatic heterocycles. The quantitative estimate of drug-likeness (QED) is 0.403. The Bertz CT molecular complexity index is 556. The SMILES string of the molecule is CCCC12SC3(CCC#N)SC(CCC#N)(S1)SC(CCC#N)(S2)S3. The van der Waals surface area contributed by atoms with Gasteiger partial charge in [-0.3, -0.25) is 0 Å². The van der Waals surface area contributed by atoms with Crippen LogP contribution in [-0.4, -0.2) is 13.6 Å². The maximum Gasteiger partial charge on any atom is 0.114 e. The van der Waals surface area contributed by atoms with E-state index in [9.17, 15) is 0 Å². The first-order valence-corrected chi connectivity index (χ1v) is 13.2. The Balaban J connectivity index is 1.99. The second kappa shape index (κ2) is 7.90. The largest absolute Gasteiger partial charge is 0.198 e. The summed E-state index contributed by atoms with van der Waals surface area (Å²) >= 11 is 12.1. The van der Waals surface area contributed by atoms with Crippen molar-refractivity contribution in [3.63, 3.8) is 0 Å². The molecule has 0 N–H and O–H groups in total. The van der Waals surface area contributed by atoms with Gasteiger partial charge in [0, 0.05) is 19.3 Å². The lowest BCUT2D eigenvalue weighted by Gasteiger charge is -2.67. The summed E-state index contributed by atoms with van der Waals surface area (Å²) in [6, 6.07) is 7.00. The topological polar surface area (TPSA) is 71.4 Å². The Labute approximate surface area is 175 Å². The zero-order valence-electron chi connectivity index (χ0n) is 13.9. The van der Waals surface area contributed by atoms with Crippen molar-refractivity contribution in [2.24, 2.45) is 0 Å². The monoisotopic (exact) mass is 445 g/mol. The van der Waals surface area contributed by atoms with Crippen molar-refractivity contribution in [3.05, 3.63) is 0 Å². The molecule has 0 aromatic rings. The molecule has 4 heterocycles. The molecule has 0 aromatic carbocycles. The number of hydrogen-bond acceptors (Lipinski definition) is 9. The molecule has 4 rings (SSSR count). The zero-order chi connectivity index (χ0) is 18.0. The molecule has 0 aromatic heterocycles. The summed E-state index contributed by atoms with van der Waals surface area (Å²) in [6.07, 6.45) is 6.58. The lowest BCUT2D eigenvalue weighted by atomic mass is 10.3. The number of thioether (sulfide) groups is 6. The van der Waals surface area contributed by atoms with Gasteiger partial charge in [0.2, 0.25) is 0 Å². The second-order valence-corrected chi connectivity index (χ2v) is 18.8. The summed E-state index contributed by atoms with van der Waals surface area (Å²) in [5.74, 6) is 0. The molecule has 0 spiro atoms. The van der Waals surface area contributed by atoms with Crippen LogP contribution in [0.15, 0.2) is 0 Å². The normalized spacial score (nSPS) is 41.0. The van der Waals surface area contributed by atoms with E-state index in [-0.39, 0.29) is 13.6 Å². The van der Waals surface area contributed by atoms with Crippen LogP contribution in [0.2, 0.25) is 0 Å². The van der Waals surface area contributed by atoms with Crippen LogP contribution in [0.1, 0.15) is 58.3 Å². The van der Waals surface area contributed by atoms with Crippen molar-refractivity contribution in [1.29, 1.82) is 15.8 Å². The fourth-order valence-corrected chi connectivity index (χ4v) is 24.9. The highest BCUT2D eigenvalue weighted by molar-refractivity contribution is 8.64. The van der Waals surface area contributed by atoms with E-state index in [2.05, 4.69) is 60.4 Å². The summed E-state index contributed by atoms with van der Waals surface area (Å²) in [4.78, 5) is 0. The fraction of sp³-hybridized carbons (Fsp3) is 0.812. The lowest BCUT2D eigenvalue weighted by molar-refractivity contribution is 0.783. The number of nitriles is 3. The van der Waals surface area contributed by atoms with Crippen LogP contribution in [0.3, 0.4) is 0 Å². The van der Waals surface area contributed by atoms with Crippen LogP contribution in [-0.2, 0) is 0 Å². The van der Waals surface area contributed by atoms with Crippen molar-refractivity contribution in [1.82, 2.24) is 0 Å². The minimum Gasteiger partial charge on any atom is -0.198 e. The molecule has 25 heavy (non-hydrogen) atoms. The first kappa shape index (κ1) is 20.3. The average Bonchev–Trinajstić information content (AvgIpc) is 2.55. The van der Waals surface area contributed by atoms with Crippen molar-refractivity contribution < 1.29 is 0 Å². The molecule has 4 fully saturated rings. The molecule has 3 nitrogen and oxygen atoms in total. The van der Waals surface area contributed by atoms with Crippen LogP contribution < -0.4 is 0 Å². The molecular weight excluding hydrogens is 427 g/mol. The van der Waals surface area contributed by atoms with E-state index in [1.165, 1.54) is 0 Å². The average molecular weight is 446 g/mol. The molecule has 0 atom stereocenters. The molecule has 4 bridgehead atoms. The molecule has 0 unspecified atom stereocenters. The predicted octanol–water partition coefficient (Wildman–Crippen LogP) is 6.75. The number of hydrogen-bond donors (Lipinski definition) is 0. The summed E-state index contributed by atoms with van der Waals surface area (Å²) in [6.45, 7) is 2.24. The van der Waals surface area contributed by atoms with E-state index in [1.807, 2.05) is 35.3 Å². The van der Waals surface area contributed by atoms with Gasteiger partial charge in [0.25, 0.3) is 0 Å². The minimum absolute atomic E-state index is 0.0163. The Morgan fingerprint density at radius 1 is 0.560 bits per heavy atom. The van der Waals surface area contributed by atoms with Crippen LogP contribution in [0.4, 0.5) is 0 Å². The maximum atomic E-state index is 9.17. The number of rotatable bonds is 8. The van der Waals surface area contributed by atoms with Gasteiger partial charge in [-0.05, 0) is 25.7 Å². The zero-order valence-corrected chi connectivity index (χ0v) is 18.8. The second-order valence-electron chi connectivity index (χ2n) is 6.07. The molecule has 0 saturated carbocycles. The van der Waals surface area contributed by atoms with Crippen molar-refractivity contribution in [3.8, 4) is 18.2 Å². The van der Waals surface area contributed by atoms with Gasteiger partial charge in [-0.15, -0.1) is 70.6 Å². The molecule has 4 saturated heterocycles. The van der Waals surface area contributed by atoms with Crippen molar-refractivity contribution in [2.75, 3.05) is 0 Å². The van der Waals surface area contributed by atoms with Gasteiger partial charge in [0.15, 0.2) is 0 Å². The van der Waals surface area contributed by atoms with E-state index in [0.29, 0.717) is 19.3 Å². The molecule has 0 amide bonds. The van der Waals surface area contributed by atoms with Gasteiger partial charge in [-0.2, -0.15) is 15.8 Å². The number of nitrogens with zero attached hydrogens (tertiary/aromatic N) is 3. The van der Waals surface area contributed by atoms with E-state index < -0.39 is 0 Å². The van der Waals surface area contributed by atoms with E-state index in [0.717, 1.165) is 32.1 Å². The lowest BCUT2D eigenvalue weighted by Crippen LogP contribution is -2.53. The fourth-order valence-electron chi connectivity index (χ4n) is 3.22. The highest BCUT2D eigenvalue weighted by atomic mass is 32.4. The molecule has 0 radical (unpaired) electrons. The highest BCUT2D eigenvalue weighted by Gasteiger charge is 2.71. The Hall–Kier alpha value is 0.570. The van der Waals surface area contributed by atoms with Crippen LogP contribution in [0.5, 0.6) is 0 Å².